The van der Waals surface area contributed by atoms with Crippen LogP contribution in [0.15, 0.2) is 60.8 Å². The van der Waals surface area contributed by atoms with Gasteiger partial charge in [0.25, 0.3) is 0 Å². The lowest BCUT2D eigenvalue weighted by molar-refractivity contribution is -0.145. The molecule has 0 saturated carbocycles. The molecule has 3 amide bonds. The average Bonchev–Trinajstić information content (AvgIpc) is 3.36. The maximum absolute atomic E-state index is 13.7. The van der Waals surface area contributed by atoms with E-state index in [4.69, 9.17) is 10.8 Å². The molecule has 0 fully saturated rings. The number of hydrogen-bond acceptors (Lipinski definition) is 7. The average molecular weight is 582 g/mol. The van der Waals surface area contributed by atoms with Gasteiger partial charge in [-0.1, -0.05) is 48.5 Å². The maximum Gasteiger partial charge on any atom is 0.328 e. The summed E-state index contributed by atoms with van der Waals surface area (Å²) in [6.45, 7) is 1.21. The number of carbonyl (C=O) groups excluding carboxylic acids is 3. The van der Waals surface area contributed by atoms with Gasteiger partial charge in [-0.15, -0.1) is 0 Å². The minimum Gasteiger partial charge on any atom is -0.481 e. The van der Waals surface area contributed by atoms with Gasteiger partial charge in [-0.25, -0.2) is 4.79 Å². The normalized spacial score (nSPS) is 14.6. The van der Waals surface area contributed by atoms with E-state index in [0.717, 1.165) is 10.9 Å². The van der Waals surface area contributed by atoms with Crippen molar-refractivity contribution >= 4 is 40.6 Å². The van der Waals surface area contributed by atoms with E-state index in [1.165, 1.54) is 6.92 Å². The Bertz CT molecular complexity index is 1410. The number of carboxylic acids is 2. The van der Waals surface area contributed by atoms with E-state index in [0.29, 0.717) is 11.1 Å². The number of hydrogen-bond donors (Lipinski definition) is 8. The summed E-state index contributed by atoms with van der Waals surface area (Å²) in [7, 11) is 0. The zero-order valence-electron chi connectivity index (χ0n) is 22.9. The molecule has 1 heterocycles. The Hall–Kier alpha value is -4.75. The Labute approximate surface area is 241 Å². The second-order valence-corrected chi connectivity index (χ2v) is 9.98. The number of nitrogens with one attached hydrogen (secondary N) is 4. The quantitative estimate of drug-likeness (QED) is 0.121. The number of aliphatic hydroxyl groups is 1. The highest BCUT2D eigenvalue weighted by Gasteiger charge is 2.32. The van der Waals surface area contributed by atoms with Crippen LogP contribution in [0.1, 0.15) is 30.9 Å². The third-order valence-corrected chi connectivity index (χ3v) is 6.70. The zero-order valence-corrected chi connectivity index (χ0v) is 22.9. The summed E-state index contributed by atoms with van der Waals surface area (Å²) in [6.07, 6.45) is -0.246. The van der Waals surface area contributed by atoms with Gasteiger partial charge in [0.15, 0.2) is 6.04 Å². The third kappa shape index (κ3) is 8.88. The topological polar surface area (TPSA) is 224 Å². The van der Waals surface area contributed by atoms with Crippen molar-refractivity contribution in [2.75, 3.05) is 0 Å². The molecule has 2 aromatic carbocycles. The molecule has 5 unspecified atom stereocenters. The highest BCUT2D eigenvalue weighted by Crippen LogP contribution is 2.19. The predicted octanol–water partition coefficient (Wildman–Crippen LogP) is 0.0650. The van der Waals surface area contributed by atoms with Gasteiger partial charge in [-0.05, 0) is 30.5 Å². The molecule has 1 aromatic heterocycles. The van der Waals surface area contributed by atoms with Crippen LogP contribution in [0.5, 0.6) is 0 Å². The number of fused-ring (bicyclic) bond motifs is 1. The summed E-state index contributed by atoms with van der Waals surface area (Å²) in [4.78, 5) is 65.4. The van der Waals surface area contributed by atoms with Crippen LogP contribution in [0.3, 0.4) is 0 Å². The van der Waals surface area contributed by atoms with E-state index in [9.17, 15) is 34.2 Å². The molecule has 0 aliphatic rings. The summed E-state index contributed by atoms with van der Waals surface area (Å²) in [5, 5.41) is 36.5. The second kappa shape index (κ2) is 14.8. The van der Waals surface area contributed by atoms with E-state index in [2.05, 4.69) is 20.9 Å². The molecule has 13 heteroatoms. The number of H-pyrrole nitrogens is 1. The van der Waals surface area contributed by atoms with Crippen molar-refractivity contribution in [3.05, 3.63) is 71.9 Å². The SMILES string of the molecule is CC(O)C(NC(=O)C(Cc1ccccc1)NC(=O)C(Cc1c[nH]c2ccccc12)NC(=O)C(N)CCC(=O)O)C(=O)O. The Morgan fingerprint density at radius 2 is 1.43 bits per heavy atom. The number of benzene rings is 2. The first kappa shape index (κ1) is 31.8. The van der Waals surface area contributed by atoms with Crippen molar-refractivity contribution in [3.8, 4) is 0 Å². The van der Waals surface area contributed by atoms with Crippen LogP contribution in [0.4, 0.5) is 0 Å². The molecule has 42 heavy (non-hydrogen) atoms. The van der Waals surface area contributed by atoms with Crippen molar-refractivity contribution in [3.63, 3.8) is 0 Å². The van der Waals surface area contributed by atoms with Gasteiger partial charge in [0.2, 0.25) is 17.7 Å². The van der Waals surface area contributed by atoms with Crippen LogP contribution in [0.25, 0.3) is 10.9 Å². The van der Waals surface area contributed by atoms with E-state index in [1.807, 2.05) is 24.3 Å². The van der Waals surface area contributed by atoms with Crippen molar-refractivity contribution in [1.82, 2.24) is 20.9 Å². The lowest BCUT2D eigenvalue weighted by Gasteiger charge is -2.26. The number of aliphatic hydroxyl groups excluding tert-OH is 1. The lowest BCUT2D eigenvalue weighted by Crippen LogP contribution is -2.59. The summed E-state index contributed by atoms with van der Waals surface area (Å²) in [5.74, 6) is -4.93. The van der Waals surface area contributed by atoms with E-state index in [-0.39, 0.29) is 25.7 Å². The molecule has 0 aliphatic heterocycles. The van der Waals surface area contributed by atoms with Gasteiger partial charge < -0.3 is 42.0 Å². The number of nitrogens with two attached hydrogens (primary N) is 1. The van der Waals surface area contributed by atoms with E-state index < -0.39 is 59.9 Å². The van der Waals surface area contributed by atoms with E-state index in [1.54, 1.807) is 36.5 Å². The number of rotatable bonds is 15. The van der Waals surface area contributed by atoms with Gasteiger partial charge >= 0.3 is 11.9 Å². The molecule has 0 spiro atoms. The van der Waals surface area contributed by atoms with Crippen LogP contribution >= 0.6 is 0 Å². The first-order valence-electron chi connectivity index (χ1n) is 13.3. The van der Waals surface area contributed by atoms with Crippen molar-refractivity contribution < 1.29 is 39.3 Å². The minimum absolute atomic E-state index is 0.00165. The second-order valence-electron chi connectivity index (χ2n) is 9.98. The van der Waals surface area contributed by atoms with E-state index >= 15 is 0 Å². The van der Waals surface area contributed by atoms with Gasteiger partial charge in [0, 0.05) is 36.4 Å². The number of carbonyl (C=O) groups is 5. The highest BCUT2D eigenvalue weighted by molar-refractivity contribution is 5.95. The first-order valence-corrected chi connectivity index (χ1v) is 13.3. The molecule has 5 atom stereocenters. The number of amides is 3. The van der Waals surface area contributed by atoms with Crippen LogP contribution in [-0.4, -0.2) is 80.2 Å². The zero-order chi connectivity index (χ0) is 30.8. The van der Waals surface area contributed by atoms with Gasteiger partial charge in [0.1, 0.15) is 12.1 Å². The highest BCUT2D eigenvalue weighted by atomic mass is 16.4. The number of aromatic amines is 1. The summed E-state index contributed by atoms with van der Waals surface area (Å²) in [5.41, 5.74) is 8.04. The molecule has 3 aromatic rings. The number of carboxylic acid groups (broad SMARTS) is 2. The van der Waals surface area contributed by atoms with Crippen LogP contribution < -0.4 is 21.7 Å². The number of aliphatic carboxylic acids is 2. The Morgan fingerprint density at radius 3 is 2.07 bits per heavy atom. The Morgan fingerprint density at radius 1 is 0.833 bits per heavy atom. The fourth-order valence-electron chi connectivity index (χ4n) is 4.39. The molecule has 9 N–H and O–H groups in total. The molecular weight excluding hydrogens is 546 g/mol. The van der Waals surface area contributed by atoms with Crippen molar-refractivity contribution in [1.29, 1.82) is 0 Å². The minimum atomic E-state index is -1.62. The fourth-order valence-corrected chi connectivity index (χ4v) is 4.39. The van der Waals surface area contributed by atoms with Gasteiger partial charge in [-0.2, -0.15) is 0 Å². The Balaban J connectivity index is 1.88. The molecule has 13 nitrogen and oxygen atoms in total. The van der Waals surface area contributed by atoms with Crippen LogP contribution in [0, 0.1) is 0 Å². The molecular formula is C29H35N5O8. The standard InChI is InChI=1S/C29H35N5O8/c1-16(35)25(29(41)42)34-28(40)22(13-17-7-3-2-4-8-17)33-27(39)23(32-26(38)20(30)11-12-24(36)37)14-18-15-31-21-10-6-5-9-19(18)21/h2-10,15-16,20,22-23,25,31,35H,11-14,30H2,1H3,(H,32,38)(H,33,39)(H,34,40)(H,36,37)(H,41,42). The monoisotopic (exact) mass is 581 g/mol. The van der Waals surface area contributed by atoms with Gasteiger partial charge in [-0.3, -0.25) is 19.2 Å². The first-order chi connectivity index (χ1) is 20.0. The lowest BCUT2D eigenvalue weighted by atomic mass is 10.0. The summed E-state index contributed by atoms with van der Waals surface area (Å²) < 4.78 is 0. The molecule has 0 bridgehead atoms. The summed E-state index contributed by atoms with van der Waals surface area (Å²) in [6, 6.07) is 10.7. The summed E-state index contributed by atoms with van der Waals surface area (Å²) >= 11 is 0. The van der Waals surface area contributed by atoms with Crippen molar-refractivity contribution in [2.45, 2.75) is 62.9 Å². The molecule has 3 rings (SSSR count). The van der Waals surface area contributed by atoms with Crippen LogP contribution in [0.2, 0.25) is 0 Å². The number of para-hydroxylation sites is 1. The molecule has 224 valence electrons. The fraction of sp³-hybridized carbons (Fsp3) is 0.345. The van der Waals surface area contributed by atoms with Crippen LogP contribution in [-0.2, 0) is 36.8 Å². The molecule has 0 radical (unpaired) electrons. The van der Waals surface area contributed by atoms with Gasteiger partial charge in [0.05, 0.1) is 12.1 Å². The largest absolute Gasteiger partial charge is 0.481 e. The predicted molar refractivity (Wildman–Crippen MR) is 152 cm³/mol. The third-order valence-electron chi connectivity index (χ3n) is 6.70. The number of aromatic nitrogens is 1. The maximum atomic E-state index is 13.7. The molecule has 0 aliphatic carbocycles. The molecule has 0 saturated heterocycles. The Kier molecular flexibility index (Phi) is 11.2. The van der Waals surface area contributed by atoms with Crippen molar-refractivity contribution in [2.24, 2.45) is 5.73 Å². The smallest absolute Gasteiger partial charge is 0.328 e.